The van der Waals surface area contributed by atoms with Gasteiger partial charge in [-0.3, -0.25) is 9.59 Å². The molecule has 0 rings (SSSR count). The predicted molar refractivity (Wildman–Crippen MR) is 151 cm³/mol. The van der Waals surface area contributed by atoms with Gasteiger partial charge in [0.25, 0.3) is 0 Å². The smallest absolute Gasteiger partial charge is 0.305 e. The van der Waals surface area contributed by atoms with Gasteiger partial charge >= 0.3 is 11.9 Å². The molecule has 0 bridgehead atoms. The Morgan fingerprint density at radius 2 is 0.757 bits per heavy atom. The molecule has 0 aromatic carbocycles. The van der Waals surface area contributed by atoms with Gasteiger partial charge in [-0.25, -0.2) is 0 Å². The van der Waals surface area contributed by atoms with Crippen molar-refractivity contribution in [1.82, 2.24) is 0 Å². The molecule has 0 aliphatic carbocycles. The zero-order valence-corrected chi connectivity index (χ0v) is 24.4. The molecule has 0 atom stereocenters. The topological polar surface area (TPSA) is 93.1 Å². The van der Waals surface area contributed by atoms with Gasteiger partial charge in [0, 0.05) is 12.8 Å². The summed E-state index contributed by atoms with van der Waals surface area (Å²) in [5, 5.41) is 19.6. The first-order valence-corrected chi connectivity index (χ1v) is 15.6. The molecule has 0 amide bonds. The lowest BCUT2D eigenvalue weighted by atomic mass is 9.92. The van der Waals surface area contributed by atoms with E-state index < -0.39 is 18.6 Å². The van der Waals surface area contributed by atoms with E-state index in [9.17, 15) is 19.8 Å². The van der Waals surface area contributed by atoms with Crippen molar-refractivity contribution in [3.63, 3.8) is 0 Å². The fourth-order valence-corrected chi connectivity index (χ4v) is 4.40. The average Bonchev–Trinajstić information content (AvgIpc) is 2.91. The number of esters is 2. The van der Waals surface area contributed by atoms with E-state index in [1.165, 1.54) is 89.9 Å². The summed E-state index contributed by atoms with van der Waals surface area (Å²) in [6.07, 6.45) is 24.6. The highest BCUT2D eigenvalue weighted by atomic mass is 16.5. The number of aliphatic hydroxyl groups excluding tert-OH is 2. The standard InChI is InChI=1S/C31H60O6/c1-3-5-7-9-11-13-14-16-18-20-22-24-30(35)37-28-31(25-32,26-33)27-36-29(34)23-21-19-17-15-12-10-8-6-4-2/h32-33H,3-28H2,1-2H3. The molecule has 0 aromatic rings. The van der Waals surface area contributed by atoms with Crippen LogP contribution in [0.1, 0.15) is 155 Å². The van der Waals surface area contributed by atoms with E-state index in [2.05, 4.69) is 13.8 Å². The van der Waals surface area contributed by atoms with E-state index in [-0.39, 0.29) is 25.2 Å². The normalized spacial score (nSPS) is 11.6. The van der Waals surface area contributed by atoms with Crippen LogP contribution in [0.3, 0.4) is 0 Å². The summed E-state index contributed by atoms with van der Waals surface area (Å²) in [4.78, 5) is 24.2. The van der Waals surface area contributed by atoms with E-state index in [0.717, 1.165) is 38.5 Å². The monoisotopic (exact) mass is 528 g/mol. The summed E-state index contributed by atoms with van der Waals surface area (Å²) in [7, 11) is 0. The average molecular weight is 529 g/mol. The Morgan fingerprint density at radius 3 is 1.03 bits per heavy atom. The Bertz CT molecular complexity index is 518. The minimum Gasteiger partial charge on any atom is -0.465 e. The summed E-state index contributed by atoms with van der Waals surface area (Å²) in [5.41, 5.74) is -1.15. The van der Waals surface area contributed by atoms with Crippen molar-refractivity contribution in [3.8, 4) is 0 Å². The number of carbonyl (C=O) groups excluding carboxylic acids is 2. The minimum absolute atomic E-state index is 0.151. The highest BCUT2D eigenvalue weighted by molar-refractivity contribution is 5.69. The Kier molecular flexibility index (Phi) is 25.7. The number of aliphatic hydroxyl groups is 2. The summed E-state index contributed by atoms with van der Waals surface area (Å²) in [5.74, 6) is -0.662. The van der Waals surface area contributed by atoms with E-state index >= 15 is 0 Å². The molecule has 0 saturated carbocycles. The molecule has 0 fully saturated rings. The largest absolute Gasteiger partial charge is 0.465 e. The second kappa shape index (κ2) is 26.5. The molecule has 0 aliphatic rings. The summed E-state index contributed by atoms with van der Waals surface area (Å²) < 4.78 is 10.6. The molecule has 0 aliphatic heterocycles. The highest BCUT2D eigenvalue weighted by Crippen LogP contribution is 2.19. The lowest BCUT2D eigenvalue weighted by Gasteiger charge is -2.28. The van der Waals surface area contributed by atoms with Gasteiger partial charge in [0.1, 0.15) is 13.2 Å². The summed E-state index contributed by atoms with van der Waals surface area (Å²) >= 11 is 0. The molecule has 37 heavy (non-hydrogen) atoms. The molecule has 0 aromatic heterocycles. The SMILES string of the molecule is CCCCCCCCCCCCCC(=O)OCC(CO)(CO)COC(=O)CCCCCCCCCCC. The van der Waals surface area contributed by atoms with Gasteiger partial charge in [-0.15, -0.1) is 0 Å². The van der Waals surface area contributed by atoms with Crippen LogP contribution in [-0.4, -0.2) is 48.6 Å². The van der Waals surface area contributed by atoms with E-state index in [1.807, 2.05) is 0 Å². The van der Waals surface area contributed by atoms with Crippen LogP contribution in [0.4, 0.5) is 0 Å². The number of hydrogen-bond acceptors (Lipinski definition) is 6. The number of rotatable bonds is 28. The maximum absolute atomic E-state index is 12.1. The fraction of sp³-hybridized carbons (Fsp3) is 0.935. The number of unbranched alkanes of at least 4 members (excludes halogenated alkanes) is 18. The minimum atomic E-state index is -1.15. The third-order valence-corrected chi connectivity index (χ3v) is 7.22. The van der Waals surface area contributed by atoms with Crippen molar-refractivity contribution >= 4 is 11.9 Å². The molecule has 2 N–H and O–H groups in total. The van der Waals surface area contributed by atoms with E-state index in [4.69, 9.17) is 9.47 Å². The first-order valence-electron chi connectivity index (χ1n) is 15.6. The predicted octanol–water partition coefficient (Wildman–Crippen LogP) is 7.67. The van der Waals surface area contributed by atoms with Crippen LogP contribution in [0.25, 0.3) is 0 Å². The summed E-state index contributed by atoms with van der Waals surface area (Å²) in [6.45, 7) is 3.32. The van der Waals surface area contributed by atoms with Crippen molar-refractivity contribution in [3.05, 3.63) is 0 Å². The maximum atomic E-state index is 12.1. The molecule has 0 spiro atoms. The Hall–Kier alpha value is -1.14. The van der Waals surface area contributed by atoms with Crippen LogP contribution in [-0.2, 0) is 19.1 Å². The second-order valence-corrected chi connectivity index (χ2v) is 11.0. The lowest BCUT2D eigenvalue weighted by molar-refractivity contribution is -0.159. The molecule has 0 saturated heterocycles. The third-order valence-electron chi connectivity index (χ3n) is 7.22. The molecule has 220 valence electrons. The van der Waals surface area contributed by atoms with Gasteiger partial charge in [0.2, 0.25) is 0 Å². The van der Waals surface area contributed by atoms with Crippen molar-refractivity contribution in [1.29, 1.82) is 0 Å². The summed E-state index contributed by atoms with van der Waals surface area (Å²) in [6, 6.07) is 0. The Labute approximate surface area is 228 Å². The van der Waals surface area contributed by atoms with Crippen LogP contribution in [0.2, 0.25) is 0 Å². The van der Waals surface area contributed by atoms with Crippen LogP contribution >= 0.6 is 0 Å². The van der Waals surface area contributed by atoms with Crippen LogP contribution in [0, 0.1) is 5.41 Å². The molecular weight excluding hydrogens is 468 g/mol. The van der Waals surface area contributed by atoms with Crippen LogP contribution < -0.4 is 0 Å². The Morgan fingerprint density at radius 1 is 0.486 bits per heavy atom. The van der Waals surface area contributed by atoms with Gasteiger partial charge in [-0.2, -0.15) is 0 Å². The van der Waals surface area contributed by atoms with E-state index in [0.29, 0.717) is 12.8 Å². The van der Waals surface area contributed by atoms with Gasteiger partial charge in [-0.1, -0.05) is 129 Å². The van der Waals surface area contributed by atoms with Gasteiger partial charge in [0.15, 0.2) is 0 Å². The molecule has 6 heteroatoms. The zero-order valence-electron chi connectivity index (χ0n) is 24.4. The Balaban J connectivity index is 3.87. The van der Waals surface area contributed by atoms with Crippen molar-refractivity contribution in [2.24, 2.45) is 5.41 Å². The van der Waals surface area contributed by atoms with Crippen LogP contribution in [0.15, 0.2) is 0 Å². The molecule has 6 nitrogen and oxygen atoms in total. The van der Waals surface area contributed by atoms with Gasteiger partial charge < -0.3 is 19.7 Å². The molecule has 0 heterocycles. The van der Waals surface area contributed by atoms with Crippen molar-refractivity contribution < 1.29 is 29.3 Å². The van der Waals surface area contributed by atoms with Gasteiger partial charge in [0.05, 0.1) is 18.6 Å². The molecular formula is C31H60O6. The first-order chi connectivity index (χ1) is 18.0. The van der Waals surface area contributed by atoms with E-state index in [1.54, 1.807) is 0 Å². The second-order valence-electron chi connectivity index (χ2n) is 11.0. The van der Waals surface area contributed by atoms with Crippen molar-refractivity contribution in [2.45, 2.75) is 155 Å². The number of hydrogen-bond donors (Lipinski definition) is 2. The first kappa shape index (κ1) is 35.9. The third kappa shape index (κ3) is 22.5. The lowest BCUT2D eigenvalue weighted by Crippen LogP contribution is -2.41. The molecule has 0 unspecified atom stereocenters. The maximum Gasteiger partial charge on any atom is 0.305 e. The van der Waals surface area contributed by atoms with Crippen molar-refractivity contribution in [2.75, 3.05) is 26.4 Å². The molecule has 0 radical (unpaired) electrons. The number of ether oxygens (including phenoxy) is 2. The fourth-order valence-electron chi connectivity index (χ4n) is 4.40. The van der Waals surface area contributed by atoms with Crippen LogP contribution in [0.5, 0.6) is 0 Å². The quantitative estimate of drug-likeness (QED) is 0.0799. The highest BCUT2D eigenvalue weighted by Gasteiger charge is 2.32. The number of carbonyl (C=O) groups is 2. The van der Waals surface area contributed by atoms with Gasteiger partial charge in [-0.05, 0) is 12.8 Å². The zero-order chi connectivity index (χ0) is 27.5.